The van der Waals surface area contributed by atoms with Crippen molar-refractivity contribution < 1.29 is 9.72 Å². The van der Waals surface area contributed by atoms with Crippen LogP contribution in [-0.4, -0.2) is 22.8 Å². The molecule has 0 spiro atoms. The Kier molecular flexibility index (Phi) is 6.80. The Morgan fingerprint density at radius 3 is 2.22 bits per heavy atom. The molecule has 1 aliphatic heterocycles. The van der Waals surface area contributed by atoms with E-state index in [4.69, 9.17) is 5.10 Å². The van der Waals surface area contributed by atoms with E-state index in [-0.39, 0.29) is 17.3 Å². The Morgan fingerprint density at radius 1 is 0.919 bits per heavy atom. The van der Waals surface area contributed by atoms with E-state index >= 15 is 0 Å². The van der Waals surface area contributed by atoms with E-state index in [1.807, 2.05) is 60.7 Å². The van der Waals surface area contributed by atoms with Crippen LogP contribution in [0.15, 0.2) is 119 Å². The number of hydrogen-bond donors (Lipinski definition) is 1. The summed E-state index contributed by atoms with van der Waals surface area (Å²) in [5, 5.41) is 21.8. The lowest BCUT2D eigenvalue weighted by Gasteiger charge is -2.24. The van der Waals surface area contributed by atoms with Crippen LogP contribution in [0.5, 0.6) is 0 Å². The standard InChI is InChI=1S/C29H23N5O3/c35-29(24-13-17-26(18-14-24)34(36)37)31-30-20-21-11-15-25(16-12-21)33-28(23-9-5-2-6-10-23)19-27(32-33)22-7-3-1-4-8-22/h1-18,20,28H,19H2,(H,31,35)/b30-20+. The van der Waals surface area contributed by atoms with Gasteiger partial charge < -0.3 is 0 Å². The third-order valence-corrected chi connectivity index (χ3v) is 6.08. The number of rotatable bonds is 7. The van der Waals surface area contributed by atoms with Crippen molar-refractivity contribution in [3.63, 3.8) is 0 Å². The minimum absolute atomic E-state index is 0.0760. The number of nitrogens with one attached hydrogen (secondary N) is 1. The van der Waals surface area contributed by atoms with Gasteiger partial charge in [-0.15, -0.1) is 0 Å². The van der Waals surface area contributed by atoms with Crippen LogP contribution in [0.25, 0.3) is 0 Å². The second-order valence-corrected chi connectivity index (χ2v) is 8.48. The van der Waals surface area contributed by atoms with Crippen molar-refractivity contribution >= 4 is 29.2 Å². The molecule has 0 bridgehead atoms. The molecular formula is C29H23N5O3. The van der Waals surface area contributed by atoms with E-state index in [9.17, 15) is 14.9 Å². The summed E-state index contributed by atoms with van der Waals surface area (Å²) < 4.78 is 0. The molecule has 182 valence electrons. The first-order valence-electron chi connectivity index (χ1n) is 11.7. The molecule has 1 unspecified atom stereocenters. The molecule has 1 heterocycles. The van der Waals surface area contributed by atoms with Crippen LogP contribution in [0, 0.1) is 10.1 Å². The number of amides is 1. The smallest absolute Gasteiger partial charge is 0.267 e. The number of hydrogen-bond acceptors (Lipinski definition) is 6. The Labute approximate surface area is 213 Å². The van der Waals surface area contributed by atoms with Crippen molar-refractivity contribution in [3.8, 4) is 0 Å². The van der Waals surface area contributed by atoms with Crippen LogP contribution >= 0.6 is 0 Å². The van der Waals surface area contributed by atoms with Crippen LogP contribution in [0.1, 0.15) is 39.5 Å². The number of nitro groups is 1. The van der Waals surface area contributed by atoms with E-state index in [0.29, 0.717) is 0 Å². The molecule has 5 rings (SSSR count). The normalized spacial score (nSPS) is 15.0. The highest BCUT2D eigenvalue weighted by molar-refractivity contribution is 6.03. The Balaban J connectivity index is 1.30. The van der Waals surface area contributed by atoms with E-state index in [0.717, 1.165) is 28.9 Å². The third-order valence-electron chi connectivity index (χ3n) is 6.08. The van der Waals surface area contributed by atoms with Gasteiger partial charge in [0.25, 0.3) is 11.6 Å². The molecule has 8 nitrogen and oxygen atoms in total. The van der Waals surface area contributed by atoms with Crippen molar-refractivity contribution in [2.45, 2.75) is 12.5 Å². The van der Waals surface area contributed by atoms with Gasteiger partial charge in [-0.3, -0.25) is 19.9 Å². The van der Waals surface area contributed by atoms with Gasteiger partial charge in [-0.1, -0.05) is 72.8 Å². The summed E-state index contributed by atoms with van der Waals surface area (Å²) >= 11 is 0. The quantitative estimate of drug-likeness (QED) is 0.204. The van der Waals surface area contributed by atoms with E-state index in [1.165, 1.54) is 29.8 Å². The maximum Gasteiger partial charge on any atom is 0.271 e. The zero-order valence-electron chi connectivity index (χ0n) is 19.8. The molecule has 1 N–H and O–H groups in total. The number of carbonyl (C=O) groups excluding carboxylic acids is 1. The maximum absolute atomic E-state index is 12.2. The lowest BCUT2D eigenvalue weighted by atomic mass is 9.98. The molecule has 0 saturated carbocycles. The molecule has 0 aliphatic carbocycles. The minimum atomic E-state index is -0.512. The van der Waals surface area contributed by atoms with Gasteiger partial charge in [0.05, 0.1) is 28.6 Å². The van der Waals surface area contributed by atoms with Crippen LogP contribution in [0.3, 0.4) is 0 Å². The molecule has 1 atom stereocenters. The molecule has 0 saturated heterocycles. The highest BCUT2D eigenvalue weighted by Crippen LogP contribution is 2.36. The zero-order chi connectivity index (χ0) is 25.6. The molecule has 37 heavy (non-hydrogen) atoms. The van der Waals surface area contributed by atoms with Gasteiger partial charge in [0.1, 0.15) is 0 Å². The highest BCUT2D eigenvalue weighted by Gasteiger charge is 2.29. The van der Waals surface area contributed by atoms with Crippen molar-refractivity contribution in [3.05, 3.63) is 142 Å². The van der Waals surface area contributed by atoms with Crippen molar-refractivity contribution in [1.82, 2.24) is 5.43 Å². The SMILES string of the molecule is O=C(N/N=C/c1ccc(N2N=C(c3ccccc3)CC2c2ccccc2)cc1)c1ccc([N+](=O)[O-])cc1. The number of anilines is 1. The Hall–Kier alpha value is -5.11. The number of carbonyl (C=O) groups is 1. The predicted octanol–water partition coefficient (Wildman–Crippen LogP) is 5.71. The summed E-state index contributed by atoms with van der Waals surface area (Å²) in [6, 6.07) is 33.7. The Morgan fingerprint density at radius 2 is 1.57 bits per heavy atom. The summed E-state index contributed by atoms with van der Waals surface area (Å²) in [5.74, 6) is -0.451. The van der Waals surface area contributed by atoms with Gasteiger partial charge in [0, 0.05) is 24.1 Å². The summed E-state index contributed by atoms with van der Waals surface area (Å²) in [6.07, 6.45) is 2.34. The van der Waals surface area contributed by atoms with E-state index < -0.39 is 10.8 Å². The number of hydrazone groups is 2. The number of non-ortho nitro benzene ring substituents is 1. The van der Waals surface area contributed by atoms with Gasteiger partial charge in [0.2, 0.25) is 0 Å². The molecule has 0 aromatic heterocycles. The van der Waals surface area contributed by atoms with Crippen molar-refractivity contribution in [2.24, 2.45) is 10.2 Å². The first-order valence-corrected chi connectivity index (χ1v) is 11.7. The largest absolute Gasteiger partial charge is 0.271 e. The average molecular weight is 490 g/mol. The maximum atomic E-state index is 12.2. The fourth-order valence-corrected chi connectivity index (χ4v) is 4.17. The second kappa shape index (κ2) is 10.7. The molecule has 1 amide bonds. The number of nitro benzene ring substituents is 1. The summed E-state index contributed by atoms with van der Waals surface area (Å²) in [7, 11) is 0. The molecular weight excluding hydrogens is 466 g/mol. The average Bonchev–Trinajstić information content (AvgIpc) is 3.40. The molecule has 0 fully saturated rings. The third kappa shape index (κ3) is 5.43. The lowest BCUT2D eigenvalue weighted by molar-refractivity contribution is -0.384. The van der Waals surface area contributed by atoms with Gasteiger partial charge >= 0.3 is 0 Å². The fraction of sp³-hybridized carbons (Fsp3) is 0.0690. The van der Waals surface area contributed by atoms with E-state index in [2.05, 4.69) is 39.8 Å². The van der Waals surface area contributed by atoms with Crippen LogP contribution in [-0.2, 0) is 0 Å². The Bertz CT molecular complexity index is 1450. The summed E-state index contributed by atoms with van der Waals surface area (Å²) in [6.45, 7) is 0. The zero-order valence-corrected chi connectivity index (χ0v) is 19.8. The van der Waals surface area contributed by atoms with Gasteiger partial charge in [-0.2, -0.15) is 10.2 Å². The molecule has 1 aliphatic rings. The molecule has 8 heteroatoms. The van der Waals surface area contributed by atoms with Gasteiger partial charge in [-0.25, -0.2) is 5.43 Å². The number of benzene rings is 4. The van der Waals surface area contributed by atoms with Crippen LogP contribution in [0.4, 0.5) is 11.4 Å². The van der Waals surface area contributed by atoms with Crippen LogP contribution in [0.2, 0.25) is 0 Å². The topological polar surface area (TPSA) is 100 Å². The second-order valence-electron chi connectivity index (χ2n) is 8.48. The summed E-state index contributed by atoms with van der Waals surface area (Å²) in [4.78, 5) is 22.5. The number of nitrogens with zero attached hydrogens (tertiary/aromatic N) is 4. The van der Waals surface area contributed by atoms with E-state index in [1.54, 1.807) is 6.21 Å². The predicted molar refractivity (Wildman–Crippen MR) is 144 cm³/mol. The van der Waals surface area contributed by atoms with Crippen LogP contribution < -0.4 is 10.4 Å². The van der Waals surface area contributed by atoms with Gasteiger partial charge in [-0.05, 0) is 41.0 Å². The molecule has 0 radical (unpaired) electrons. The first-order chi connectivity index (χ1) is 18.1. The highest BCUT2D eigenvalue weighted by atomic mass is 16.6. The van der Waals surface area contributed by atoms with Crippen molar-refractivity contribution in [2.75, 3.05) is 5.01 Å². The first kappa shape index (κ1) is 23.6. The lowest BCUT2D eigenvalue weighted by Crippen LogP contribution is -2.18. The molecule has 4 aromatic carbocycles. The van der Waals surface area contributed by atoms with Gasteiger partial charge in [0.15, 0.2) is 0 Å². The summed E-state index contributed by atoms with van der Waals surface area (Å²) in [5.41, 5.74) is 7.74. The minimum Gasteiger partial charge on any atom is -0.267 e. The molecule has 4 aromatic rings. The fourth-order valence-electron chi connectivity index (χ4n) is 4.17. The monoisotopic (exact) mass is 489 g/mol. The van der Waals surface area contributed by atoms with Crippen molar-refractivity contribution in [1.29, 1.82) is 0 Å².